The molecule has 0 bridgehead atoms. The maximum Gasteiger partial charge on any atom is 0.115 e. The topological polar surface area (TPSA) is 66.8 Å². The van der Waals surface area contributed by atoms with E-state index in [1.54, 1.807) is 18.4 Å². The predicted molar refractivity (Wildman–Crippen MR) is 69.7 cm³/mol. The Balaban J connectivity index is 0.000000302. The summed E-state index contributed by atoms with van der Waals surface area (Å²) in [5.41, 5.74) is 1.17. The molecule has 0 aromatic heterocycles. The zero-order chi connectivity index (χ0) is 13.1. The van der Waals surface area contributed by atoms with Crippen molar-refractivity contribution >= 4 is 10.8 Å². The van der Waals surface area contributed by atoms with Crippen LogP contribution in [0.4, 0.5) is 0 Å². The molecular formula is C12H20O4S. The van der Waals surface area contributed by atoms with Crippen molar-refractivity contribution in [3.05, 3.63) is 29.8 Å². The molecular weight excluding hydrogens is 240 g/mol. The minimum atomic E-state index is -0.776. The third-order valence-electron chi connectivity index (χ3n) is 1.78. The summed E-state index contributed by atoms with van der Waals surface area (Å²) < 4.78 is 15.2. The number of benzene rings is 1. The number of phenolic OH excluding ortho intramolecular Hbond substituents is 1. The van der Waals surface area contributed by atoms with Crippen LogP contribution in [0, 0.1) is 6.92 Å². The first-order valence-corrected chi connectivity index (χ1v) is 7.03. The molecule has 4 nitrogen and oxygen atoms in total. The van der Waals surface area contributed by atoms with E-state index < -0.39 is 10.8 Å². The van der Waals surface area contributed by atoms with Gasteiger partial charge in [-0.2, -0.15) is 0 Å². The molecule has 0 saturated carbocycles. The lowest BCUT2D eigenvalue weighted by Gasteiger charge is -1.97. The van der Waals surface area contributed by atoms with E-state index in [4.69, 9.17) is 14.9 Å². The van der Waals surface area contributed by atoms with Crippen LogP contribution in [0.25, 0.3) is 0 Å². The van der Waals surface area contributed by atoms with Crippen LogP contribution in [0.2, 0.25) is 0 Å². The van der Waals surface area contributed by atoms with E-state index in [2.05, 4.69) is 0 Å². The molecule has 1 aromatic carbocycles. The van der Waals surface area contributed by atoms with E-state index in [0.717, 1.165) is 0 Å². The average molecular weight is 260 g/mol. The highest BCUT2D eigenvalue weighted by Crippen LogP contribution is 2.07. The molecule has 2 N–H and O–H groups in total. The normalized spacial score (nSPS) is 11.5. The SMILES string of the molecule is CS(=O)CCOCCO.Cc1ccc(O)cc1. The maximum absolute atomic E-state index is 10.4. The van der Waals surface area contributed by atoms with Gasteiger partial charge in [0.15, 0.2) is 0 Å². The van der Waals surface area contributed by atoms with Gasteiger partial charge in [0.05, 0.1) is 19.8 Å². The fourth-order valence-corrected chi connectivity index (χ4v) is 1.24. The van der Waals surface area contributed by atoms with Gasteiger partial charge in [0.2, 0.25) is 0 Å². The van der Waals surface area contributed by atoms with Crippen molar-refractivity contribution < 1.29 is 19.2 Å². The number of hydrogen-bond donors (Lipinski definition) is 2. The van der Waals surface area contributed by atoms with E-state index >= 15 is 0 Å². The Kier molecular flexibility index (Phi) is 9.71. The van der Waals surface area contributed by atoms with Crippen LogP contribution in [0.5, 0.6) is 5.75 Å². The third-order valence-corrected chi connectivity index (χ3v) is 2.53. The van der Waals surface area contributed by atoms with Crippen LogP contribution in [-0.2, 0) is 15.5 Å². The van der Waals surface area contributed by atoms with Gasteiger partial charge in [-0.05, 0) is 19.1 Å². The number of aliphatic hydroxyl groups excluding tert-OH is 1. The summed E-state index contributed by atoms with van der Waals surface area (Å²) in [7, 11) is -0.776. The molecule has 1 aromatic rings. The lowest BCUT2D eigenvalue weighted by atomic mass is 10.2. The van der Waals surface area contributed by atoms with Crippen molar-refractivity contribution in [3.63, 3.8) is 0 Å². The van der Waals surface area contributed by atoms with E-state index in [0.29, 0.717) is 24.7 Å². The smallest absolute Gasteiger partial charge is 0.115 e. The first-order chi connectivity index (χ1) is 8.06. The van der Waals surface area contributed by atoms with Crippen LogP contribution in [-0.4, -0.2) is 46.3 Å². The average Bonchev–Trinajstić information content (AvgIpc) is 2.29. The third kappa shape index (κ3) is 11.4. The molecule has 1 rings (SSSR count). The number of rotatable bonds is 5. The summed E-state index contributed by atoms with van der Waals surface area (Å²) in [6.45, 7) is 2.84. The Morgan fingerprint density at radius 1 is 1.24 bits per heavy atom. The number of aromatic hydroxyl groups is 1. The molecule has 0 radical (unpaired) electrons. The Morgan fingerprint density at radius 2 is 1.82 bits per heavy atom. The second-order valence-electron chi connectivity index (χ2n) is 3.45. The van der Waals surface area contributed by atoms with Gasteiger partial charge in [-0.1, -0.05) is 17.7 Å². The van der Waals surface area contributed by atoms with Crippen molar-refractivity contribution in [1.82, 2.24) is 0 Å². The minimum Gasteiger partial charge on any atom is -0.508 e. The largest absolute Gasteiger partial charge is 0.508 e. The van der Waals surface area contributed by atoms with Crippen molar-refractivity contribution in [2.24, 2.45) is 0 Å². The molecule has 0 fully saturated rings. The standard InChI is InChI=1S/C7H8O.C5H12O3S/c1-6-2-4-7(8)5-3-6;1-9(7)5-4-8-3-2-6/h2-5,8H,1H3;6H,2-5H2,1H3. The van der Waals surface area contributed by atoms with Crippen LogP contribution >= 0.6 is 0 Å². The number of aryl methyl sites for hydroxylation is 1. The Bertz CT molecular complexity index is 290. The van der Waals surface area contributed by atoms with E-state index in [1.807, 2.05) is 19.1 Å². The first-order valence-electron chi connectivity index (χ1n) is 5.30. The van der Waals surface area contributed by atoms with Crippen LogP contribution < -0.4 is 0 Å². The van der Waals surface area contributed by atoms with Gasteiger partial charge < -0.3 is 14.9 Å². The molecule has 0 aliphatic rings. The number of aliphatic hydroxyl groups is 1. The van der Waals surface area contributed by atoms with Gasteiger partial charge in [0.25, 0.3) is 0 Å². The fraction of sp³-hybridized carbons (Fsp3) is 0.500. The molecule has 0 spiro atoms. The zero-order valence-corrected chi connectivity index (χ0v) is 11.1. The highest BCUT2D eigenvalue weighted by molar-refractivity contribution is 7.84. The predicted octanol–water partition coefficient (Wildman–Crippen LogP) is 1.07. The van der Waals surface area contributed by atoms with E-state index in [9.17, 15) is 4.21 Å². The molecule has 0 saturated heterocycles. The highest BCUT2D eigenvalue weighted by atomic mass is 32.2. The number of phenols is 1. The van der Waals surface area contributed by atoms with E-state index in [1.165, 1.54) is 5.56 Å². The second kappa shape index (κ2) is 10.3. The summed E-state index contributed by atoms with van der Waals surface area (Å²) in [4.78, 5) is 0. The maximum atomic E-state index is 10.4. The second-order valence-corrected chi connectivity index (χ2v) is 5.00. The van der Waals surface area contributed by atoms with Gasteiger partial charge in [0, 0.05) is 22.8 Å². The molecule has 0 aliphatic carbocycles. The van der Waals surface area contributed by atoms with Crippen LogP contribution in [0.15, 0.2) is 24.3 Å². The molecule has 5 heteroatoms. The first kappa shape index (κ1) is 16.1. The van der Waals surface area contributed by atoms with Gasteiger partial charge >= 0.3 is 0 Å². The van der Waals surface area contributed by atoms with Crippen molar-refractivity contribution in [2.75, 3.05) is 31.8 Å². The minimum absolute atomic E-state index is 0.0380. The van der Waals surface area contributed by atoms with Crippen LogP contribution in [0.3, 0.4) is 0 Å². The fourth-order valence-electron chi connectivity index (χ4n) is 0.888. The van der Waals surface area contributed by atoms with Crippen LogP contribution in [0.1, 0.15) is 5.56 Å². The molecule has 98 valence electrons. The summed E-state index contributed by atoms with van der Waals surface area (Å²) in [6.07, 6.45) is 1.63. The number of ether oxygens (including phenoxy) is 1. The Labute approximate surface area is 105 Å². The summed E-state index contributed by atoms with van der Waals surface area (Å²) >= 11 is 0. The summed E-state index contributed by atoms with van der Waals surface area (Å²) in [5, 5.41) is 17.0. The zero-order valence-electron chi connectivity index (χ0n) is 10.3. The quantitative estimate of drug-likeness (QED) is 0.777. The van der Waals surface area contributed by atoms with E-state index in [-0.39, 0.29) is 6.61 Å². The lowest BCUT2D eigenvalue weighted by molar-refractivity contribution is 0.103. The van der Waals surface area contributed by atoms with Gasteiger partial charge in [0.1, 0.15) is 5.75 Å². The molecule has 1 atom stereocenters. The molecule has 0 heterocycles. The van der Waals surface area contributed by atoms with Crippen molar-refractivity contribution in [1.29, 1.82) is 0 Å². The molecule has 17 heavy (non-hydrogen) atoms. The van der Waals surface area contributed by atoms with Crippen molar-refractivity contribution in [3.8, 4) is 5.75 Å². The number of hydrogen-bond acceptors (Lipinski definition) is 4. The summed E-state index contributed by atoms with van der Waals surface area (Å²) in [5.74, 6) is 0.885. The molecule has 0 amide bonds. The molecule has 1 unspecified atom stereocenters. The lowest BCUT2D eigenvalue weighted by Crippen LogP contribution is -2.07. The van der Waals surface area contributed by atoms with Crippen molar-refractivity contribution in [2.45, 2.75) is 6.92 Å². The Morgan fingerprint density at radius 3 is 2.24 bits per heavy atom. The van der Waals surface area contributed by atoms with Gasteiger partial charge in [-0.3, -0.25) is 4.21 Å². The molecule has 0 aliphatic heterocycles. The summed E-state index contributed by atoms with van der Waals surface area (Å²) in [6, 6.07) is 7.09. The highest BCUT2D eigenvalue weighted by Gasteiger charge is 1.89. The van der Waals surface area contributed by atoms with Gasteiger partial charge in [-0.25, -0.2) is 0 Å². The monoisotopic (exact) mass is 260 g/mol. The Hall–Kier alpha value is -0.910. The van der Waals surface area contributed by atoms with Gasteiger partial charge in [-0.15, -0.1) is 0 Å².